The summed E-state index contributed by atoms with van der Waals surface area (Å²) >= 11 is 0. The topological polar surface area (TPSA) is 160 Å². The monoisotopic (exact) mass is 887 g/mol. The number of hydrogen-bond donors (Lipinski definition) is 7. The molecule has 0 amide bonds. The van der Waals surface area contributed by atoms with Crippen LogP contribution in [-0.2, 0) is 23.2 Å². The molecular formula is C57H61NO8. The third-order valence-corrected chi connectivity index (χ3v) is 20.2. The minimum absolute atomic E-state index is 0.00941. The molecule has 10 aliphatic rings. The molecular weight excluding hydrogens is 827 g/mol. The Morgan fingerprint density at radius 3 is 2.58 bits per heavy atom. The lowest BCUT2D eigenvalue weighted by Crippen LogP contribution is -2.85. The molecule has 15 atom stereocenters. The van der Waals surface area contributed by atoms with Crippen molar-refractivity contribution in [1.82, 2.24) is 5.32 Å². The number of aromatic hydroxyl groups is 3. The third-order valence-electron chi connectivity index (χ3n) is 20.2. The van der Waals surface area contributed by atoms with Gasteiger partial charge in [-0.1, -0.05) is 78.5 Å². The maximum atomic E-state index is 15.3. The normalized spacial score (nSPS) is 42.8. The number of carbonyl (C=O) groups excluding carboxylic acids is 1. The number of ether oxygens (including phenoxy) is 1. The van der Waals surface area contributed by atoms with Gasteiger partial charge < -0.3 is 40.7 Å². The van der Waals surface area contributed by atoms with E-state index in [0.29, 0.717) is 49.3 Å². The number of phenolic OH excluding ortho intramolecular Hbond substituents is 3. The van der Waals surface area contributed by atoms with Crippen LogP contribution in [0, 0.1) is 64.1 Å². The number of benzene rings is 3. The van der Waals surface area contributed by atoms with Gasteiger partial charge in [0, 0.05) is 65.3 Å². The lowest BCUT2D eigenvalue weighted by Gasteiger charge is -2.81. The number of Topliss-reactive ketones (excluding diaryl/α,β-unsaturated/α-hetero) is 1. The molecule has 6 bridgehead atoms. The molecule has 3 aromatic carbocycles. The zero-order valence-electron chi connectivity index (χ0n) is 37.7. The van der Waals surface area contributed by atoms with Crippen LogP contribution in [0.5, 0.6) is 23.0 Å². The molecule has 0 aromatic heterocycles. The van der Waals surface area contributed by atoms with Crippen molar-refractivity contribution in [2.45, 2.75) is 118 Å². The number of aliphatic hydroxyl groups excluding tert-OH is 2. The fourth-order valence-corrected chi connectivity index (χ4v) is 18.2. The number of aliphatic hydroxyl groups is 3. The molecule has 0 radical (unpaired) electrons. The molecule has 4 saturated carbocycles. The molecule has 1 saturated heterocycles. The standard InChI is InChI=1S/C57H61NO8/c1-66-50-23-41(35(29-59)18-49(50)64)40-21-39(61)27-54(65)14-15-55-26-37-17-33-11-12-38(60)20-42(33)45-19-36-8-5-13-53(36)30-56(37,45)51-25-44(53)43-22-47(62)48(63)24-46(43)57(51,55)52(54)34(28-58-55)10-9-32(40)16-31-6-3-2-4-7-31/h2-4,6-7,11-12,17-19,22-24,32,34,36-38,40,42,44,51-52,58-60,62-65H,5,8,13-16,20-21,25-30H2,1H3/t32-,34-,36-,37-,38+,40+,42+,44-,51-,52+,53-,54+,55+,56-,57-/m1/s1. The number of carbonyl (C=O) groups is 1. The molecule has 3 spiro atoms. The van der Waals surface area contributed by atoms with E-state index < -0.39 is 34.5 Å². The zero-order valence-corrected chi connectivity index (χ0v) is 37.7. The molecule has 9 heteroatoms. The fourth-order valence-electron chi connectivity index (χ4n) is 18.2. The highest BCUT2D eigenvalue weighted by Crippen LogP contribution is 2.85. The number of ketones is 1. The summed E-state index contributed by atoms with van der Waals surface area (Å²) in [6.07, 6.45) is 17.3. The number of allylic oxidation sites excluding steroid dienone is 5. The van der Waals surface area contributed by atoms with E-state index in [1.807, 2.05) is 36.4 Å². The number of nitrogens with one attached hydrogen (secondary N) is 1. The minimum atomic E-state index is -1.45. The van der Waals surface area contributed by atoms with Crippen LogP contribution in [0.1, 0.15) is 110 Å². The van der Waals surface area contributed by atoms with Crippen LogP contribution in [0.2, 0.25) is 0 Å². The van der Waals surface area contributed by atoms with E-state index in [-0.39, 0.29) is 94.6 Å². The summed E-state index contributed by atoms with van der Waals surface area (Å²) in [7, 11) is 1.49. The van der Waals surface area contributed by atoms with E-state index in [4.69, 9.17) is 4.74 Å². The molecule has 1 aliphatic heterocycles. The first-order valence-electron chi connectivity index (χ1n) is 24.8. The van der Waals surface area contributed by atoms with Crippen LogP contribution in [0.25, 0.3) is 0 Å². The molecule has 1 heterocycles. The lowest BCUT2D eigenvalue weighted by molar-refractivity contribution is -0.245. The maximum absolute atomic E-state index is 15.3. The summed E-state index contributed by atoms with van der Waals surface area (Å²) in [5.41, 5.74) is 4.24. The van der Waals surface area contributed by atoms with Crippen LogP contribution in [-0.4, -0.2) is 67.3 Å². The number of phenols is 3. The molecule has 5 fully saturated rings. The summed E-state index contributed by atoms with van der Waals surface area (Å²) in [5, 5.41) is 74.5. The Balaban J connectivity index is 1.06. The van der Waals surface area contributed by atoms with Crippen LogP contribution in [0.15, 0.2) is 90.0 Å². The van der Waals surface area contributed by atoms with Crippen molar-refractivity contribution in [3.8, 4) is 34.8 Å². The van der Waals surface area contributed by atoms with E-state index >= 15 is 4.79 Å². The highest BCUT2D eigenvalue weighted by molar-refractivity contribution is 5.81. The molecule has 66 heavy (non-hydrogen) atoms. The maximum Gasteiger partial charge on any atom is 0.160 e. The molecule has 9 nitrogen and oxygen atoms in total. The van der Waals surface area contributed by atoms with E-state index in [1.54, 1.807) is 6.07 Å². The fraction of sp³-hybridized carbons (Fsp3) is 0.526. The van der Waals surface area contributed by atoms with Crippen LogP contribution in [0.4, 0.5) is 0 Å². The average molecular weight is 888 g/mol. The van der Waals surface area contributed by atoms with Gasteiger partial charge in [0.25, 0.3) is 0 Å². The minimum Gasteiger partial charge on any atom is -0.504 e. The SMILES string of the molecule is COc1cc([C@H]2CC(=O)C[C@@]3(O)CC[C@]45C[C@H]6C=C7C=C[C@H](O)C[C@@H]7C7=C[C@H]8CCC[C@@]89C[C@]76[C@H]6C[C@@H]9c7cc(O)c(O)cc7[C@]64[C@H]3[C@H](C#C[C@@H]2Cc2ccccc2)CN5)c(CO)cc1O. The molecule has 7 N–H and O–H groups in total. The Morgan fingerprint density at radius 2 is 1.76 bits per heavy atom. The van der Waals surface area contributed by atoms with Gasteiger partial charge >= 0.3 is 0 Å². The van der Waals surface area contributed by atoms with Crippen LogP contribution in [0.3, 0.4) is 0 Å². The van der Waals surface area contributed by atoms with E-state index in [0.717, 1.165) is 55.2 Å². The Kier molecular flexibility index (Phi) is 8.84. The predicted molar refractivity (Wildman–Crippen MR) is 248 cm³/mol. The molecule has 342 valence electrons. The van der Waals surface area contributed by atoms with E-state index in [9.17, 15) is 30.6 Å². The Labute approximate surface area is 386 Å². The predicted octanol–water partition coefficient (Wildman–Crippen LogP) is 7.77. The summed E-state index contributed by atoms with van der Waals surface area (Å²) in [5.74, 6) is 6.76. The summed E-state index contributed by atoms with van der Waals surface area (Å²) in [4.78, 5) is 15.3. The van der Waals surface area contributed by atoms with Crippen LogP contribution >= 0.6 is 0 Å². The van der Waals surface area contributed by atoms with Gasteiger partial charge in [-0.25, -0.2) is 0 Å². The van der Waals surface area contributed by atoms with Gasteiger partial charge in [-0.3, -0.25) is 4.79 Å². The van der Waals surface area contributed by atoms with Gasteiger partial charge in [-0.05, 0) is 145 Å². The first-order valence-corrected chi connectivity index (χ1v) is 24.8. The van der Waals surface area contributed by atoms with Crippen molar-refractivity contribution in [2.24, 2.45) is 52.3 Å². The van der Waals surface area contributed by atoms with Crippen molar-refractivity contribution < 1.29 is 40.2 Å². The largest absolute Gasteiger partial charge is 0.504 e. The summed E-state index contributed by atoms with van der Waals surface area (Å²) in [6.45, 7) is 0.188. The number of fused-ring (bicyclic) bond motifs is 5. The quantitative estimate of drug-likeness (QED) is 0.0773. The highest BCUT2D eigenvalue weighted by Gasteiger charge is 2.82. The number of rotatable bonds is 5. The van der Waals surface area contributed by atoms with Crippen molar-refractivity contribution in [2.75, 3.05) is 13.7 Å². The van der Waals surface area contributed by atoms with Gasteiger partial charge in [0.05, 0.1) is 25.4 Å². The van der Waals surface area contributed by atoms with Crippen molar-refractivity contribution in [3.05, 3.63) is 118 Å². The Morgan fingerprint density at radius 1 is 0.924 bits per heavy atom. The second-order valence-electron chi connectivity index (χ2n) is 22.5. The van der Waals surface area contributed by atoms with Crippen molar-refractivity contribution >= 4 is 5.78 Å². The second kappa shape index (κ2) is 14.1. The first-order chi connectivity index (χ1) is 31.9. The number of piperidine rings is 1. The van der Waals surface area contributed by atoms with Gasteiger partial charge in [0.1, 0.15) is 5.78 Å². The smallest absolute Gasteiger partial charge is 0.160 e. The second-order valence-corrected chi connectivity index (χ2v) is 22.5. The molecule has 0 unspecified atom stereocenters. The Bertz CT molecular complexity index is 2750. The third kappa shape index (κ3) is 5.20. The van der Waals surface area contributed by atoms with Gasteiger partial charge in [-0.15, -0.1) is 0 Å². The van der Waals surface area contributed by atoms with Crippen molar-refractivity contribution in [3.63, 3.8) is 0 Å². The summed E-state index contributed by atoms with van der Waals surface area (Å²) < 4.78 is 5.60. The lowest BCUT2D eigenvalue weighted by atomic mass is 9.24. The summed E-state index contributed by atoms with van der Waals surface area (Å²) in [6, 6.07) is 17.2. The first kappa shape index (κ1) is 41.3. The van der Waals surface area contributed by atoms with Gasteiger partial charge in [-0.2, -0.15) is 0 Å². The molecule has 13 rings (SSSR count). The highest BCUT2D eigenvalue weighted by atomic mass is 16.5. The number of hydrogen-bond acceptors (Lipinski definition) is 9. The van der Waals surface area contributed by atoms with Gasteiger partial charge in [0.2, 0.25) is 0 Å². The van der Waals surface area contributed by atoms with Crippen LogP contribution < -0.4 is 10.1 Å². The Hall–Kier alpha value is -4.85. The zero-order chi connectivity index (χ0) is 45.1. The molecule has 9 aliphatic carbocycles. The molecule has 3 aromatic rings. The van der Waals surface area contributed by atoms with Gasteiger partial charge in [0.15, 0.2) is 23.0 Å². The van der Waals surface area contributed by atoms with Crippen molar-refractivity contribution in [1.29, 1.82) is 0 Å². The van der Waals surface area contributed by atoms with E-state index in [1.165, 1.54) is 24.3 Å². The van der Waals surface area contributed by atoms with E-state index in [2.05, 4.69) is 47.5 Å². The number of methoxy groups -OCH3 is 1. The average Bonchev–Trinajstić information content (AvgIpc) is 3.71.